The van der Waals surface area contributed by atoms with Crippen LogP contribution in [0, 0.1) is 5.41 Å². The van der Waals surface area contributed by atoms with E-state index in [0.29, 0.717) is 13.1 Å². The topological polar surface area (TPSA) is 58.4 Å². The highest BCUT2D eigenvalue weighted by atomic mass is 32.2. The number of aromatic nitrogens is 2. The first-order valence-corrected chi connectivity index (χ1v) is 9.21. The molecule has 2 aliphatic rings. The third kappa shape index (κ3) is 2.44. The number of imidazole rings is 1. The molecule has 4 rings (SSSR count). The molecule has 6 nitrogen and oxygen atoms in total. The van der Waals surface area contributed by atoms with Crippen molar-refractivity contribution in [2.24, 2.45) is 12.5 Å². The molecule has 0 saturated carbocycles. The second-order valence-corrected chi connectivity index (χ2v) is 8.54. The monoisotopic (exact) mass is 332 g/mol. The molecule has 0 N–H and O–H groups in total. The number of aryl methyl sites for hydroxylation is 1. The van der Waals surface area contributed by atoms with Gasteiger partial charge in [-0.3, -0.25) is 0 Å². The Morgan fingerprint density at radius 3 is 2.52 bits per heavy atom. The number of anilines is 1. The third-order valence-electron chi connectivity index (χ3n) is 4.87. The molecule has 1 aromatic heterocycles. The van der Waals surface area contributed by atoms with Crippen LogP contribution in [0.1, 0.15) is 6.42 Å². The SMILES string of the molecule is Cn1cnc(S(=O)(=O)N2CC3(CCN(c4ccccc4)C3)C2)c1. The van der Waals surface area contributed by atoms with Gasteiger partial charge in [0, 0.05) is 50.5 Å². The number of nitrogens with zero attached hydrogens (tertiary/aromatic N) is 4. The first-order valence-electron chi connectivity index (χ1n) is 7.77. The van der Waals surface area contributed by atoms with E-state index in [2.05, 4.69) is 22.0 Å². The summed E-state index contributed by atoms with van der Waals surface area (Å²) in [5.41, 5.74) is 1.31. The summed E-state index contributed by atoms with van der Waals surface area (Å²) in [5.74, 6) is 0. The summed E-state index contributed by atoms with van der Waals surface area (Å²) in [5, 5.41) is 0.146. The molecule has 2 saturated heterocycles. The van der Waals surface area contributed by atoms with Crippen LogP contribution < -0.4 is 4.90 Å². The largest absolute Gasteiger partial charge is 0.371 e. The zero-order valence-electron chi connectivity index (χ0n) is 13.1. The summed E-state index contributed by atoms with van der Waals surface area (Å²) in [6.07, 6.45) is 4.12. The van der Waals surface area contributed by atoms with E-state index >= 15 is 0 Å². The van der Waals surface area contributed by atoms with Crippen molar-refractivity contribution in [2.75, 3.05) is 31.1 Å². The van der Waals surface area contributed by atoms with E-state index in [1.807, 2.05) is 18.2 Å². The van der Waals surface area contributed by atoms with E-state index in [0.717, 1.165) is 19.5 Å². The van der Waals surface area contributed by atoms with E-state index in [9.17, 15) is 8.42 Å². The molecule has 0 unspecified atom stereocenters. The van der Waals surface area contributed by atoms with Crippen LogP contribution in [0.2, 0.25) is 0 Å². The Kier molecular flexibility index (Phi) is 3.24. The Hall–Kier alpha value is -1.86. The maximum absolute atomic E-state index is 12.6. The number of sulfonamides is 1. The smallest absolute Gasteiger partial charge is 0.262 e. The van der Waals surface area contributed by atoms with Gasteiger partial charge in [0.1, 0.15) is 0 Å². The average Bonchev–Trinajstić information content (AvgIpc) is 3.13. The highest BCUT2D eigenvalue weighted by Gasteiger charge is 2.52. The lowest BCUT2D eigenvalue weighted by Crippen LogP contribution is -2.59. The lowest BCUT2D eigenvalue weighted by atomic mass is 9.81. The van der Waals surface area contributed by atoms with E-state index in [1.54, 1.807) is 22.1 Å². The molecular formula is C16H20N4O2S. The fourth-order valence-electron chi connectivity index (χ4n) is 3.58. The molecule has 2 fully saturated rings. The summed E-state index contributed by atoms with van der Waals surface area (Å²) >= 11 is 0. The van der Waals surface area contributed by atoms with Crippen molar-refractivity contribution in [1.29, 1.82) is 0 Å². The molecule has 0 amide bonds. The van der Waals surface area contributed by atoms with Crippen LogP contribution in [0.25, 0.3) is 0 Å². The maximum Gasteiger partial charge on any atom is 0.262 e. The van der Waals surface area contributed by atoms with Crippen LogP contribution in [0.3, 0.4) is 0 Å². The molecule has 0 atom stereocenters. The quantitative estimate of drug-likeness (QED) is 0.851. The Morgan fingerprint density at radius 2 is 1.87 bits per heavy atom. The van der Waals surface area contributed by atoms with Crippen LogP contribution in [-0.4, -0.2) is 48.5 Å². The van der Waals surface area contributed by atoms with Gasteiger partial charge in [-0.25, -0.2) is 13.4 Å². The predicted molar refractivity (Wildman–Crippen MR) is 87.7 cm³/mol. The fraction of sp³-hybridized carbons (Fsp3) is 0.438. The summed E-state index contributed by atoms with van der Waals surface area (Å²) in [6, 6.07) is 10.3. The van der Waals surface area contributed by atoms with Crippen LogP contribution in [0.15, 0.2) is 47.9 Å². The van der Waals surface area contributed by atoms with Gasteiger partial charge in [-0.2, -0.15) is 4.31 Å². The Labute approximate surface area is 136 Å². The summed E-state index contributed by atoms with van der Waals surface area (Å²) in [6.45, 7) is 3.09. The molecule has 7 heteroatoms. The second-order valence-electron chi connectivity index (χ2n) is 6.66. The van der Waals surface area contributed by atoms with Crippen molar-refractivity contribution in [3.63, 3.8) is 0 Å². The molecule has 0 aliphatic carbocycles. The van der Waals surface area contributed by atoms with Crippen LogP contribution in [0.4, 0.5) is 5.69 Å². The lowest BCUT2D eigenvalue weighted by molar-refractivity contribution is 0.0934. The maximum atomic E-state index is 12.6. The molecule has 122 valence electrons. The Balaban J connectivity index is 1.46. The number of para-hydroxylation sites is 1. The van der Waals surface area contributed by atoms with E-state index in [-0.39, 0.29) is 10.4 Å². The van der Waals surface area contributed by atoms with Gasteiger partial charge in [0.2, 0.25) is 0 Å². The van der Waals surface area contributed by atoms with E-state index in [4.69, 9.17) is 0 Å². The zero-order chi connectivity index (χ0) is 16.1. The fourth-order valence-corrected chi connectivity index (χ4v) is 5.21. The highest BCUT2D eigenvalue weighted by molar-refractivity contribution is 7.89. The molecule has 0 radical (unpaired) electrons. The predicted octanol–water partition coefficient (Wildman–Crippen LogP) is 1.32. The molecule has 3 heterocycles. The van der Waals surface area contributed by atoms with Gasteiger partial charge >= 0.3 is 0 Å². The number of hydrogen-bond donors (Lipinski definition) is 0. The zero-order valence-corrected chi connectivity index (χ0v) is 13.9. The van der Waals surface area contributed by atoms with Crippen LogP contribution in [-0.2, 0) is 17.1 Å². The molecular weight excluding hydrogens is 312 g/mol. The summed E-state index contributed by atoms with van der Waals surface area (Å²) in [4.78, 5) is 6.34. The molecule has 1 aromatic carbocycles. The Morgan fingerprint density at radius 1 is 1.13 bits per heavy atom. The van der Waals surface area contributed by atoms with Crippen LogP contribution in [0.5, 0.6) is 0 Å². The van der Waals surface area contributed by atoms with E-state index < -0.39 is 10.0 Å². The minimum Gasteiger partial charge on any atom is -0.371 e. The van der Waals surface area contributed by atoms with Crippen molar-refractivity contribution >= 4 is 15.7 Å². The minimum absolute atomic E-state index is 0.0949. The first-order chi connectivity index (χ1) is 11.0. The van der Waals surface area contributed by atoms with Gasteiger partial charge in [-0.1, -0.05) is 18.2 Å². The molecule has 1 spiro atoms. The first kappa shape index (κ1) is 14.7. The van der Waals surface area contributed by atoms with Gasteiger partial charge in [0.05, 0.1) is 6.33 Å². The van der Waals surface area contributed by atoms with Gasteiger partial charge < -0.3 is 9.47 Å². The van der Waals surface area contributed by atoms with Gasteiger partial charge in [0.15, 0.2) is 5.03 Å². The highest BCUT2D eigenvalue weighted by Crippen LogP contribution is 2.43. The summed E-state index contributed by atoms with van der Waals surface area (Å²) < 4.78 is 28.3. The van der Waals surface area contributed by atoms with Crippen LogP contribution >= 0.6 is 0 Å². The number of rotatable bonds is 3. The second kappa shape index (κ2) is 5.07. The number of benzene rings is 1. The third-order valence-corrected chi connectivity index (χ3v) is 6.55. The van der Waals surface area contributed by atoms with Crippen molar-refractivity contribution in [2.45, 2.75) is 11.4 Å². The van der Waals surface area contributed by atoms with Crippen molar-refractivity contribution in [1.82, 2.24) is 13.9 Å². The standard InChI is InChI=1S/C16H20N4O2S/c1-18-9-15(17-13-18)23(21,22)20-11-16(12-20)7-8-19(10-16)14-5-3-2-4-6-14/h2-6,9,13H,7-8,10-12H2,1H3. The molecule has 0 bridgehead atoms. The summed E-state index contributed by atoms with van der Waals surface area (Å²) in [7, 11) is -1.67. The van der Waals surface area contributed by atoms with Crippen molar-refractivity contribution in [3.05, 3.63) is 42.9 Å². The molecule has 2 aliphatic heterocycles. The van der Waals surface area contributed by atoms with Crippen molar-refractivity contribution < 1.29 is 8.42 Å². The van der Waals surface area contributed by atoms with Crippen molar-refractivity contribution in [3.8, 4) is 0 Å². The number of hydrogen-bond acceptors (Lipinski definition) is 4. The van der Waals surface area contributed by atoms with E-state index in [1.165, 1.54) is 12.0 Å². The minimum atomic E-state index is -3.44. The average molecular weight is 332 g/mol. The molecule has 23 heavy (non-hydrogen) atoms. The lowest BCUT2D eigenvalue weighted by Gasteiger charge is -2.46. The van der Waals surface area contributed by atoms with Gasteiger partial charge in [-0.05, 0) is 18.6 Å². The van der Waals surface area contributed by atoms with Gasteiger partial charge in [-0.15, -0.1) is 0 Å². The molecule has 2 aromatic rings. The normalized spacial score (nSPS) is 20.8. The Bertz CT molecular complexity index is 810. The van der Waals surface area contributed by atoms with Gasteiger partial charge in [0.25, 0.3) is 10.0 Å².